The van der Waals surface area contributed by atoms with Gasteiger partial charge in [0, 0.05) is 21.1 Å². The molecule has 0 radical (unpaired) electrons. The maximum Gasteiger partial charge on any atom is 0 e. The minimum atomic E-state index is -3.70. The summed E-state index contributed by atoms with van der Waals surface area (Å²) in [5.41, 5.74) is -1.26. The normalized spacial score (nSPS) is 10.7. The molecule has 0 spiro atoms. The number of hydrogen-bond donors (Lipinski definition) is 3. The predicted octanol–water partition coefficient (Wildman–Crippen LogP) is -1.81. The summed E-state index contributed by atoms with van der Waals surface area (Å²) >= 11 is -3.70. The molecule has 0 saturated carbocycles. The van der Waals surface area contributed by atoms with Crippen LogP contribution in [0.15, 0.2) is 0 Å². The predicted molar refractivity (Wildman–Crippen MR) is 31.0 cm³/mol. The monoisotopic (exact) mass is 402 g/mol. The van der Waals surface area contributed by atoms with Crippen LogP contribution in [0.2, 0.25) is 0 Å². The Hall–Kier alpha value is 0.713. The van der Waals surface area contributed by atoms with E-state index in [-0.39, 0.29) is 27.7 Å². The van der Waals surface area contributed by atoms with Gasteiger partial charge < -0.3 is 0 Å². The zero-order valence-corrected chi connectivity index (χ0v) is 11.1. The zero-order chi connectivity index (χ0) is 9.61. The second-order valence-corrected chi connectivity index (χ2v) is 3.57. The van der Waals surface area contributed by atoms with Gasteiger partial charge in [-0.3, -0.25) is 0 Å². The van der Waals surface area contributed by atoms with E-state index >= 15 is 0 Å². The van der Waals surface area contributed by atoms with Crippen molar-refractivity contribution in [2.24, 2.45) is 5.41 Å². The quantitative estimate of drug-likeness (QED) is 0.484. The van der Waals surface area contributed by atoms with Crippen LogP contribution in [0.25, 0.3) is 0 Å². The van der Waals surface area contributed by atoms with Gasteiger partial charge in [-0.15, -0.1) is 0 Å². The van der Waals surface area contributed by atoms with E-state index < -0.39 is 40.6 Å². The minimum absolute atomic E-state index is 0. The van der Waals surface area contributed by atoms with Gasteiger partial charge in [-0.25, -0.2) is 0 Å². The van der Waals surface area contributed by atoms with E-state index in [0.29, 0.717) is 0 Å². The van der Waals surface area contributed by atoms with Crippen LogP contribution in [-0.4, -0.2) is 41.7 Å². The van der Waals surface area contributed by atoms with Gasteiger partial charge in [0.2, 0.25) is 0 Å². The van der Waals surface area contributed by atoms with Crippen molar-refractivity contribution in [3.8, 4) is 0 Å². The molecule has 0 rings (SSSR count). The summed E-state index contributed by atoms with van der Waals surface area (Å²) in [7, 11) is 0. The molecule has 13 heavy (non-hydrogen) atoms. The SMILES string of the molecule is [O]=[V](=[O])[O]CC(CO)(CO)CO.[W]. The third-order valence-electron chi connectivity index (χ3n) is 1.48. The fourth-order valence-corrected chi connectivity index (χ4v) is 1.07. The van der Waals surface area contributed by atoms with Crippen molar-refractivity contribution in [3.63, 3.8) is 0 Å². The molecule has 8 heteroatoms. The van der Waals surface area contributed by atoms with Gasteiger partial charge in [0.1, 0.15) is 0 Å². The topological polar surface area (TPSA) is 104 Å². The summed E-state index contributed by atoms with van der Waals surface area (Å²) in [5, 5.41) is 26.1. The van der Waals surface area contributed by atoms with E-state index in [4.69, 9.17) is 15.3 Å². The van der Waals surface area contributed by atoms with Crippen LogP contribution in [0.1, 0.15) is 0 Å². The molecule has 0 heterocycles. The molecule has 0 aromatic heterocycles. The van der Waals surface area contributed by atoms with Crippen molar-refractivity contribution in [2.45, 2.75) is 0 Å². The van der Waals surface area contributed by atoms with Crippen LogP contribution >= 0.6 is 0 Å². The number of aliphatic hydroxyl groups excluding tert-OH is 3. The van der Waals surface area contributed by atoms with Gasteiger partial charge in [-0.05, 0) is 0 Å². The van der Waals surface area contributed by atoms with E-state index in [1.54, 1.807) is 0 Å². The Labute approximate surface area is 94.5 Å². The summed E-state index contributed by atoms with van der Waals surface area (Å²) in [6, 6.07) is 0. The van der Waals surface area contributed by atoms with Crippen LogP contribution in [0, 0.1) is 5.41 Å². The van der Waals surface area contributed by atoms with Crippen LogP contribution in [0.4, 0.5) is 0 Å². The third kappa shape index (κ3) is 5.91. The van der Waals surface area contributed by atoms with E-state index in [9.17, 15) is 7.35 Å². The molecule has 0 atom stereocenters. The van der Waals surface area contributed by atoms with Gasteiger partial charge in [0.05, 0.1) is 0 Å². The molecule has 0 aromatic rings. The summed E-state index contributed by atoms with van der Waals surface area (Å²) in [6.07, 6.45) is 0. The first-order chi connectivity index (χ1) is 5.60. The number of hydrogen-bond acceptors (Lipinski definition) is 6. The molecule has 0 aliphatic heterocycles. The molecule has 0 aromatic carbocycles. The largest absolute Gasteiger partial charge is 0 e. The first-order valence-corrected chi connectivity index (χ1v) is 4.91. The molecular formula is C5H11O6VW. The molecule has 0 bridgehead atoms. The Morgan fingerprint density at radius 1 is 1.08 bits per heavy atom. The van der Waals surface area contributed by atoms with Crippen LogP contribution in [0.5, 0.6) is 0 Å². The molecular weight excluding hydrogens is 391 g/mol. The Bertz CT molecular complexity index is 173. The van der Waals surface area contributed by atoms with Gasteiger partial charge in [0.15, 0.2) is 0 Å². The molecule has 0 saturated heterocycles. The fourth-order valence-electron chi connectivity index (χ4n) is 0.477. The Morgan fingerprint density at radius 3 is 1.69 bits per heavy atom. The van der Waals surface area contributed by atoms with Crippen LogP contribution in [0.3, 0.4) is 0 Å². The molecule has 0 amide bonds. The van der Waals surface area contributed by atoms with Gasteiger partial charge in [0.25, 0.3) is 0 Å². The molecule has 3 N–H and O–H groups in total. The summed E-state index contributed by atoms with van der Waals surface area (Å²) < 4.78 is 24.3. The van der Waals surface area contributed by atoms with Crippen molar-refractivity contribution in [3.05, 3.63) is 0 Å². The smallest absolute Gasteiger partial charge is 0 e. The van der Waals surface area contributed by atoms with E-state index in [1.165, 1.54) is 0 Å². The van der Waals surface area contributed by atoms with Crippen molar-refractivity contribution in [2.75, 3.05) is 26.4 Å². The van der Waals surface area contributed by atoms with Gasteiger partial charge in [-0.1, -0.05) is 0 Å². The van der Waals surface area contributed by atoms with E-state index in [1.807, 2.05) is 0 Å². The van der Waals surface area contributed by atoms with Crippen molar-refractivity contribution in [1.82, 2.24) is 0 Å². The van der Waals surface area contributed by atoms with Crippen molar-refractivity contribution < 1.29 is 62.8 Å². The molecule has 0 unspecified atom stereocenters. The molecule has 0 aliphatic carbocycles. The first kappa shape index (κ1) is 16.2. The summed E-state index contributed by atoms with van der Waals surface area (Å²) in [6.45, 7) is -1.96. The van der Waals surface area contributed by atoms with Gasteiger partial charge >= 0.3 is 73.6 Å². The minimum Gasteiger partial charge on any atom is 0 e. The summed E-state index contributed by atoms with van der Waals surface area (Å²) in [4.78, 5) is 0. The van der Waals surface area contributed by atoms with Crippen molar-refractivity contribution >= 4 is 0 Å². The average molecular weight is 402 g/mol. The number of rotatable bonds is 6. The summed E-state index contributed by atoms with van der Waals surface area (Å²) in [5.74, 6) is 0. The van der Waals surface area contributed by atoms with E-state index in [2.05, 4.69) is 3.66 Å². The maximum atomic E-state index is 10.0. The molecule has 6 nitrogen and oxygen atoms in total. The second-order valence-electron chi connectivity index (χ2n) is 2.47. The maximum absolute atomic E-state index is 10.0. The Balaban J connectivity index is 0. The van der Waals surface area contributed by atoms with Crippen LogP contribution < -0.4 is 0 Å². The third-order valence-corrected chi connectivity index (χ3v) is 2.01. The van der Waals surface area contributed by atoms with Gasteiger partial charge in [-0.2, -0.15) is 0 Å². The van der Waals surface area contributed by atoms with Crippen molar-refractivity contribution in [1.29, 1.82) is 0 Å². The second kappa shape index (κ2) is 8.06. The first-order valence-electron chi connectivity index (χ1n) is 3.20. The molecule has 0 fully saturated rings. The average Bonchev–Trinajstić information content (AvgIpc) is 2.08. The molecule has 0 aliphatic rings. The zero-order valence-electron chi connectivity index (χ0n) is 6.75. The van der Waals surface area contributed by atoms with Crippen LogP contribution in [-0.2, 0) is 47.5 Å². The standard InChI is InChI=1S/C5H11O4.2O.V.W/c6-1-5(2-7,3-8)4-9;;;;/h6-8H,1-4H2;;;;/q-1;;;+1;. The Kier molecular flexibility index (Phi) is 10.0. The fraction of sp³-hybridized carbons (Fsp3) is 1.00. The van der Waals surface area contributed by atoms with E-state index in [0.717, 1.165) is 0 Å². The Morgan fingerprint density at radius 2 is 1.46 bits per heavy atom. The molecule has 78 valence electrons. The number of aliphatic hydroxyl groups is 3.